The van der Waals surface area contributed by atoms with Crippen molar-refractivity contribution in [1.82, 2.24) is 5.32 Å². The van der Waals surface area contributed by atoms with Gasteiger partial charge in [-0.05, 0) is 15.9 Å². The maximum absolute atomic E-state index is 11.5. The molecule has 0 saturated carbocycles. The number of nitrogens with zero attached hydrogens (tertiary/aromatic N) is 1. The Kier molecular flexibility index (Phi) is 2.93. The van der Waals surface area contributed by atoms with Crippen LogP contribution in [0.1, 0.15) is 10.4 Å². The molecule has 1 aliphatic heterocycles. The van der Waals surface area contributed by atoms with E-state index in [0.717, 1.165) is 12.3 Å². The Labute approximate surface area is 93.3 Å². The van der Waals surface area contributed by atoms with Gasteiger partial charge in [-0.3, -0.25) is 9.79 Å². The summed E-state index contributed by atoms with van der Waals surface area (Å²) in [4.78, 5) is 15.6. The Morgan fingerprint density at radius 2 is 2.57 bits per heavy atom. The third-order valence-electron chi connectivity index (χ3n) is 1.64. The number of amides is 1. The second-order valence-electron chi connectivity index (χ2n) is 2.63. The first kappa shape index (κ1) is 9.79. The van der Waals surface area contributed by atoms with Gasteiger partial charge in [0.15, 0.2) is 9.84 Å². The van der Waals surface area contributed by atoms with E-state index in [4.69, 9.17) is 4.42 Å². The number of hydrogen-bond acceptors (Lipinski definition) is 4. The zero-order valence-electron chi connectivity index (χ0n) is 7.12. The summed E-state index contributed by atoms with van der Waals surface area (Å²) >= 11 is 4.68. The van der Waals surface area contributed by atoms with Gasteiger partial charge in [0.05, 0.1) is 12.1 Å². The topological polar surface area (TPSA) is 54.6 Å². The number of carbonyl (C=O) groups excluding carboxylic acids is 1. The molecule has 0 aliphatic carbocycles. The lowest BCUT2D eigenvalue weighted by atomic mass is 10.3. The molecule has 0 fully saturated rings. The number of nitrogens with one attached hydrogen (secondary N) is 1. The van der Waals surface area contributed by atoms with Gasteiger partial charge in [-0.2, -0.15) is 0 Å². The minimum absolute atomic E-state index is 0.187. The fraction of sp³-hybridized carbons (Fsp3) is 0.250. The van der Waals surface area contributed by atoms with Crippen LogP contribution in [0.15, 0.2) is 26.4 Å². The quantitative estimate of drug-likeness (QED) is 0.851. The minimum atomic E-state index is -0.187. The van der Waals surface area contributed by atoms with Crippen molar-refractivity contribution >= 4 is 38.8 Å². The van der Waals surface area contributed by atoms with Crippen LogP contribution in [-0.4, -0.2) is 23.4 Å². The molecule has 74 valence electrons. The summed E-state index contributed by atoms with van der Waals surface area (Å²) in [5, 5.41) is 3.39. The molecule has 1 N–H and O–H groups in total. The molecule has 1 amide bonds. The molecule has 0 saturated heterocycles. The summed E-state index contributed by atoms with van der Waals surface area (Å²) in [5.41, 5.74) is 0.493. The van der Waals surface area contributed by atoms with E-state index in [1.165, 1.54) is 6.26 Å². The van der Waals surface area contributed by atoms with Crippen molar-refractivity contribution < 1.29 is 9.21 Å². The van der Waals surface area contributed by atoms with E-state index in [1.807, 2.05) is 0 Å². The number of amidine groups is 1. The Balaban J connectivity index is 2.02. The third kappa shape index (κ3) is 2.19. The van der Waals surface area contributed by atoms with Gasteiger partial charge in [-0.25, -0.2) is 0 Å². The second kappa shape index (κ2) is 4.18. The number of aliphatic imine (C=N–C) groups is 1. The van der Waals surface area contributed by atoms with E-state index in [9.17, 15) is 4.79 Å². The van der Waals surface area contributed by atoms with Crippen LogP contribution < -0.4 is 5.32 Å². The monoisotopic (exact) mass is 274 g/mol. The fourth-order valence-electron chi connectivity index (χ4n) is 1.01. The Bertz CT molecular complexity index is 388. The van der Waals surface area contributed by atoms with E-state index in [0.29, 0.717) is 15.4 Å². The summed E-state index contributed by atoms with van der Waals surface area (Å²) in [6.07, 6.45) is 1.40. The summed E-state index contributed by atoms with van der Waals surface area (Å²) in [7, 11) is 0. The average molecular weight is 275 g/mol. The van der Waals surface area contributed by atoms with Crippen molar-refractivity contribution in [3.63, 3.8) is 0 Å². The number of rotatable bonds is 1. The van der Waals surface area contributed by atoms with E-state index < -0.39 is 0 Å². The standard InChI is InChI=1S/C8H7BrN2O2S/c9-6-3-5(4-13-6)7(12)11-8-10-1-2-14-8/h3-4H,1-2H2,(H,10,11,12). The van der Waals surface area contributed by atoms with Gasteiger partial charge in [0.1, 0.15) is 6.26 Å². The van der Waals surface area contributed by atoms with Crippen molar-refractivity contribution in [1.29, 1.82) is 0 Å². The Morgan fingerprint density at radius 1 is 1.71 bits per heavy atom. The molecule has 2 heterocycles. The third-order valence-corrected chi connectivity index (χ3v) is 2.94. The van der Waals surface area contributed by atoms with Crippen LogP contribution in [0.2, 0.25) is 0 Å². The van der Waals surface area contributed by atoms with E-state index in [1.54, 1.807) is 17.8 Å². The zero-order valence-corrected chi connectivity index (χ0v) is 9.52. The van der Waals surface area contributed by atoms with E-state index >= 15 is 0 Å². The van der Waals surface area contributed by atoms with Crippen LogP contribution in [0.3, 0.4) is 0 Å². The molecule has 4 nitrogen and oxygen atoms in total. The summed E-state index contributed by atoms with van der Waals surface area (Å²) in [6, 6.07) is 1.62. The number of halogens is 1. The lowest BCUT2D eigenvalue weighted by molar-refractivity contribution is 0.0977. The highest BCUT2D eigenvalue weighted by molar-refractivity contribution is 9.10. The molecule has 0 spiro atoms. The molecule has 2 rings (SSSR count). The average Bonchev–Trinajstić information content (AvgIpc) is 2.75. The lowest BCUT2D eigenvalue weighted by Gasteiger charge is -1.99. The molecule has 6 heteroatoms. The van der Waals surface area contributed by atoms with Gasteiger partial charge >= 0.3 is 0 Å². The first-order chi connectivity index (χ1) is 6.75. The summed E-state index contributed by atoms with van der Waals surface area (Å²) in [6.45, 7) is 0.773. The zero-order chi connectivity index (χ0) is 9.97. The van der Waals surface area contributed by atoms with Crippen molar-refractivity contribution in [2.75, 3.05) is 12.3 Å². The maximum Gasteiger partial charge on any atom is 0.260 e. The maximum atomic E-state index is 11.5. The van der Waals surface area contributed by atoms with E-state index in [2.05, 4.69) is 26.2 Å². The van der Waals surface area contributed by atoms with Gasteiger partial charge < -0.3 is 9.73 Å². The van der Waals surface area contributed by atoms with Crippen molar-refractivity contribution in [3.8, 4) is 0 Å². The molecule has 1 aromatic rings. The fourth-order valence-corrected chi connectivity index (χ4v) is 2.07. The molecular formula is C8H7BrN2O2S. The highest BCUT2D eigenvalue weighted by atomic mass is 79.9. The first-order valence-electron chi connectivity index (χ1n) is 3.98. The molecule has 1 aliphatic rings. The van der Waals surface area contributed by atoms with Gasteiger partial charge in [0, 0.05) is 11.8 Å². The molecule has 0 unspecified atom stereocenters. The van der Waals surface area contributed by atoms with Crippen LogP contribution in [0.25, 0.3) is 0 Å². The normalized spacial score (nSPS) is 15.4. The van der Waals surface area contributed by atoms with Crippen molar-refractivity contribution in [2.24, 2.45) is 4.99 Å². The van der Waals surface area contributed by atoms with Crippen LogP contribution >= 0.6 is 27.7 Å². The van der Waals surface area contributed by atoms with Gasteiger partial charge in [-0.15, -0.1) is 0 Å². The summed E-state index contributed by atoms with van der Waals surface area (Å²) in [5.74, 6) is 0.748. The second-order valence-corrected chi connectivity index (χ2v) is 4.49. The van der Waals surface area contributed by atoms with Crippen LogP contribution in [0.4, 0.5) is 0 Å². The molecule has 0 bridgehead atoms. The Hall–Kier alpha value is -0.750. The molecular weight excluding hydrogens is 268 g/mol. The SMILES string of the molecule is O=C(NC1=NCCS1)c1coc(Br)c1. The van der Waals surface area contributed by atoms with Crippen molar-refractivity contribution in [2.45, 2.75) is 0 Å². The van der Waals surface area contributed by atoms with Gasteiger partial charge in [0.25, 0.3) is 5.91 Å². The first-order valence-corrected chi connectivity index (χ1v) is 5.76. The van der Waals surface area contributed by atoms with E-state index in [-0.39, 0.29) is 5.91 Å². The molecule has 1 aromatic heterocycles. The largest absolute Gasteiger partial charge is 0.457 e. The highest BCUT2D eigenvalue weighted by Gasteiger charge is 2.14. The molecule has 0 atom stereocenters. The van der Waals surface area contributed by atoms with Gasteiger partial charge in [-0.1, -0.05) is 11.8 Å². The van der Waals surface area contributed by atoms with Crippen molar-refractivity contribution in [3.05, 3.63) is 22.6 Å². The minimum Gasteiger partial charge on any atom is -0.457 e. The van der Waals surface area contributed by atoms with Crippen LogP contribution in [-0.2, 0) is 0 Å². The van der Waals surface area contributed by atoms with Crippen LogP contribution in [0, 0.1) is 0 Å². The highest BCUT2D eigenvalue weighted by Crippen LogP contribution is 2.15. The number of hydrogen-bond donors (Lipinski definition) is 1. The van der Waals surface area contributed by atoms with Gasteiger partial charge in [0.2, 0.25) is 0 Å². The predicted octanol–water partition coefficient (Wildman–Crippen LogP) is 1.87. The lowest BCUT2D eigenvalue weighted by Crippen LogP contribution is -2.26. The number of thioether (sulfide) groups is 1. The summed E-state index contributed by atoms with van der Waals surface area (Å²) < 4.78 is 5.50. The van der Waals surface area contributed by atoms with Crippen LogP contribution in [0.5, 0.6) is 0 Å². The predicted molar refractivity (Wildman–Crippen MR) is 58.6 cm³/mol. The molecule has 0 radical (unpaired) electrons. The number of furan rings is 1. The Morgan fingerprint density at radius 3 is 3.14 bits per heavy atom. The molecule has 0 aromatic carbocycles. The number of carbonyl (C=O) groups is 1. The smallest absolute Gasteiger partial charge is 0.260 e. The molecule has 14 heavy (non-hydrogen) atoms.